The van der Waals surface area contributed by atoms with Crippen LogP contribution < -0.4 is 5.32 Å². The minimum absolute atomic E-state index is 0.140. The predicted molar refractivity (Wildman–Crippen MR) is 104 cm³/mol. The van der Waals surface area contributed by atoms with Crippen LogP contribution in [0.15, 0.2) is 22.8 Å². The van der Waals surface area contributed by atoms with Crippen molar-refractivity contribution in [1.82, 2.24) is 50.6 Å². The largest absolute Gasteiger partial charge is 0.480 e. The second-order valence-electron chi connectivity index (χ2n) is 6.52. The molecule has 0 saturated carbocycles. The monoisotopic (exact) mass is 482 g/mol. The molecule has 0 radical (unpaired) electrons. The number of aromatic nitrogens is 8. The summed E-state index contributed by atoms with van der Waals surface area (Å²) in [7, 11) is 0. The molecule has 0 spiro atoms. The van der Waals surface area contributed by atoms with E-state index in [4.69, 9.17) is 5.11 Å². The summed E-state index contributed by atoms with van der Waals surface area (Å²) in [6.07, 6.45) is 1.26. The molecule has 18 heteroatoms. The smallest absolute Gasteiger partial charge is 0.352 e. The van der Waals surface area contributed by atoms with Gasteiger partial charge in [0.15, 0.2) is 0 Å². The number of β-lactam (4-membered cyclic amide) rings is 1. The number of tetrazole rings is 2. The van der Waals surface area contributed by atoms with Crippen LogP contribution in [0.4, 0.5) is 0 Å². The lowest BCUT2D eigenvalue weighted by molar-refractivity contribution is -0.150. The van der Waals surface area contributed by atoms with Gasteiger partial charge in [0.25, 0.3) is 5.91 Å². The van der Waals surface area contributed by atoms with Crippen molar-refractivity contribution in [1.29, 1.82) is 0 Å². The second kappa shape index (κ2) is 8.91. The molecule has 2 aromatic rings. The van der Waals surface area contributed by atoms with Gasteiger partial charge in [-0.05, 0) is 26.4 Å². The highest BCUT2D eigenvalue weighted by molar-refractivity contribution is 8.01. The molecule has 1 fully saturated rings. The molecule has 4 rings (SSSR count). The molecule has 0 aromatic carbocycles. The van der Waals surface area contributed by atoms with Crippen molar-refractivity contribution in [3.05, 3.63) is 17.6 Å². The van der Waals surface area contributed by atoms with E-state index in [9.17, 15) is 24.3 Å². The van der Waals surface area contributed by atoms with Gasteiger partial charge < -0.3 is 15.5 Å². The number of carboxylic acids is 2. The predicted octanol–water partition coefficient (Wildman–Crippen LogP) is -2.72. The minimum Gasteiger partial charge on any atom is -0.480 e. The lowest BCUT2D eigenvalue weighted by Crippen LogP contribution is -2.70. The summed E-state index contributed by atoms with van der Waals surface area (Å²) >= 11 is 2.38. The highest BCUT2D eigenvalue weighted by Crippen LogP contribution is 2.41. The summed E-state index contributed by atoms with van der Waals surface area (Å²) in [5, 5.41) is 42.0. The molecule has 2 amide bonds. The van der Waals surface area contributed by atoms with E-state index >= 15 is 0 Å². The van der Waals surface area contributed by atoms with E-state index in [1.165, 1.54) is 22.8 Å². The summed E-state index contributed by atoms with van der Waals surface area (Å²) < 4.78 is 2.28. The highest BCUT2D eigenvalue weighted by Gasteiger charge is 2.54. The van der Waals surface area contributed by atoms with E-state index in [0.29, 0.717) is 11.3 Å². The first-order valence-electron chi connectivity index (χ1n) is 8.86. The van der Waals surface area contributed by atoms with Gasteiger partial charge in [-0.15, -0.1) is 22.0 Å². The number of nitrogens with one attached hydrogen (secondary N) is 1. The fraction of sp³-hybridized carbons (Fsp3) is 0.429. The molecule has 2 aliphatic rings. The first-order chi connectivity index (χ1) is 15.3. The number of carboxylic acid groups (broad SMARTS) is 2. The van der Waals surface area contributed by atoms with E-state index < -0.39 is 41.7 Å². The Balaban J connectivity index is 1.44. The molecular weight excluding hydrogens is 468 g/mol. The van der Waals surface area contributed by atoms with Crippen molar-refractivity contribution in [3.63, 3.8) is 0 Å². The van der Waals surface area contributed by atoms with Gasteiger partial charge in [0.2, 0.25) is 11.1 Å². The molecule has 2 atom stereocenters. The summed E-state index contributed by atoms with van der Waals surface area (Å²) in [6, 6.07) is -0.865. The number of hydrogen-bond donors (Lipinski definition) is 3. The average Bonchev–Trinajstić information content (AvgIpc) is 3.41. The molecule has 16 nitrogen and oxygen atoms in total. The third-order valence-electron chi connectivity index (χ3n) is 4.42. The van der Waals surface area contributed by atoms with Gasteiger partial charge >= 0.3 is 11.9 Å². The SMILES string of the molecule is O=C(O)Cn1nnnc1SCC1=C(C(=O)O)N2C(=O)C(NC(=O)Cn3cnnn3)[C@H]2SC1. The van der Waals surface area contributed by atoms with Crippen molar-refractivity contribution >= 4 is 47.3 Å². The quantitative estimate of drug-likeness (QED) is 0.245. The molecule has 3 N–H and O–H groups in total. The zero-order valence-electron chi connectivity index (χ0n) is 15.9. The van der Waals surface area contributed by atoms with E-state index in [0.717, 1.165) is 21.3 Å². The van der Waals surface area contributed by atoms with Crippen LogP contribution in [0.1, 0.15) is 0 Å². The number of rotatable bonds is 9. The van der Waals surface area contributed by atoms with Gasteiger partial charge in [-0.1, -0.05) is 11.8 Å². The van der Waals surface area contributed by atoms with E-state index in [1.54, 1.807) is 0 Å². The Morgan fingerprint density at radius 2 is 2.03 bits per heavy atom. The molecule has 1 saturated heterocycles. The number of carbonyl (C=O) groups is 4. The lowest BCUT2D eigenvalue weighted by atomic mass is 10.0. The molecular formula is C14H14N10O6S2. The first-order valence-corrected chi connectivity index (χ1v) is 10.9. The molecule has 0 bridgehead atoms. The van der Waals surface area contributed by atoms with Crippen molar-refractivity contribution in [2.24, 2.45) is 0 Å². The maximum absolute atomic E-state index is 12.6. The van der Waals surface area contributed by atoms with E-state index in [2.05, 4.69) is 36.4 Å². The maximum Gasteiger partial charge on any atom is 0.352 e. The maximum atomic E-state index is 12.6. The van der Waals surface area contributed by atoms with Crippen molar-refractivity contribution in [2.75, 3.05) is 11.5 Å². The lowest BCUT2D eigenvalue weighted by Gasteiger charge is -2.49. The van der Waals surface area contributed by atoms with Crippen LogP contribution >= 0.6 is 23.5 Å². The zero-order chi connectivity index (χ0) is 22.8. The Labute approximate surface area is 186 Å². The Morgan fingerprint density at radius 3 is 2.72 bits per heavy atom. The zero-order valence-corrected chi connectivity index (χ0v) is 17.6. The van der Waals surface area contributed by atoms with Crippen molar-refractivity contribution < 1.29 is 29.4 Å². The van der Waals surface area contributed by atoms with E-state index in [-0.39, 0.29) is 23.2 Å². The molecule has 4 heterocycles. The van der Waals surface area contributed by atoms with Gasteiger partial charge in [0, 0.05) is 11.5 Å². The minimum atomic E-state index is -1.28. The number of thioether (sulfide) groups is 2. The third kappa shape index (κ3) is 4.26. The van der Waals surface area contributed by atoms with Gasteiger partial charge in [0.1, 0.15) is 36.5 Å². The first kappa shape index (κ1) is 21.7. The van der Waals surface area contributed by atoms with Crippen LogP contribution in [0.25, 0.3) is 0 Å². The van der Waals surface area contributed by atoms with Gasteiger partial charge in [0.05, 0.1) is 0 Å². The Kier molecular flexibility index (Phi) is 6.04. The number of hydrogen-bond acceptors (Lipinski definition) is 12. The number of amides is 2. The summed E-state index contributed by atoms with van der Waals surface area (Å²) in [5.41, 5.74) is 0.301. The molecule has 2 aliphatic heterocycles. The van der Waals surface area contributed by atoms with Crippen LogP contribution in [0, 0.1) is 0 Å². The third-order valence-corrected chi connectivity index (χ3v) is 6.81. The summed E-state index contributed by atoms with van der Waals surface area (Å²) in [6.45, 7) is -0.615. The molecule has 1 unspecified atom stereocenters. The highest BCUT2D eigenvalue weighted by atomic mass is 32.2. The van der Waals surface area contributed by atoms with Gasteiger partial charge in [-0.3, -0.25) is 19.3 Å². The summed E-state index contributed by atoms with van der Waals surface area (Å²) in [4.78, 5) is 48.7. The van der Waals surface area contributed by atoms with Gasteiger partial charge in [-0.2, -0.15) is 0 Å². The van der Waals surface area contributed by atoms with Crippen LogP contribution in [-0.2, 0) is 32.3 Å². The van der Waals surface area contributed by atoms with Crippen molar-refractivity contribution in [2.45, 2.75) is 29.7 Å². The number of fused-ring (bicyclic) bond motifs is 1. The average molecular weight is 482 g/mol. The number of aliphatic carboxylic acids is 2. The normalized spacial score (nSPS) is 20.0. The standard InChI is InChI=1S/C14H14N10O6S2/c25-7(1-22-5-15-18-20-22)16-9-11(28)24-10(13(29)30)6(3-31-12(9)24)4-32-14-17-19-21-23(14)2-8(26)27/h5,9,12H,1-4H2,(H,16,25)(H,26,27)(H,29,30)/t9?,12-/m1/s1. The molecule has 32 heavy (non-hydrogen) atoms. The number of carbonyl (C=O) groups excluding carboxylic acids is 2. The molecule has 168 valence electrons. The van der Waals surface area contributed by atoms with Gasteiger partial charge in [-0.25, -0.2) is 14.2 Å². The van der Waals surface area contributed by atoms with Crippen LogP contribution in [0.5, 0.6) is 0 Å². The second-order valence-corrected chi connectivity index (χ2v) is 8.57. The number of nitrogens with zero attached hydrogens (tertiary/aromatic N) is 9. The van der Waals surface area contributed by atoms with Crippen LogP contribution in [-0.4, -0.2) is 102 Å². The van der Waals surface area contributed by atoms with Crippen LogP contribution in [0.2, 0.25) is 0 Å². The topological polar surface area (TPSA) is 211 Å². The van der Waals surface area contributed by atoms with Crippen molar-refractivity contribution in [3.8, 4) is 0 Å². The van der Waals surface area contributed by atoms with E-state index in [1.807, 2.05) is 0 Å². The Bertz CT molecular complexity index is 1100. The molecule has 0 aliphatic carbocycles. The summed E-state index contributed by atoms with van der Waals surface area (Å²) in [5.74, 6) is -2.99. The molecule has 2 aromatic heterocycles. The fourth-order valence-electron chi connectivity index (χ4n) is 3.09. The van der Waals surface area contributed by atoms with Crippen LogP contribution in [0.3, 0.4) is 0 Å². The Morgan fingerprint density at radius 1 is 1.22 bits per heavy atom. The Hall–Kier alpha value is -3.54. The fourth-order valence-corrected chi connectivity index (χ4v) is 5.45.